The minimum atomic E-state index is -0.232. The molecule has 1 N–H and O–H groups in total. The van der Waals surface area contributed by atoms with Crippen LogP contribution in [0.4, 0.5) is 11.4 Å². The Hall–Kier alpha value is -3.45. The molecule has 0 spiro atoms. The number of benzene rings is 3. The van der Waals surface area contributed by atoms with Gasteiger partial charge in [0, 0.05) is 22.3 Å². The van der Waals surface area contributed by atoms with E-state index in [0.717, 1.165) is 33.0 Å². The third kappa shape index (κ3) is 5.04. The monoisotopic (exact) mass is 476 g/mol. The van der Waals surface area contributed by atoms with Crippen molar-refractivity contribution in [2.24, 2.45) is 0 Å². The number of thioether (sulfide) groups is 1. The van der Waals surface area contributed by atoms with E-state index in [0.29, 0.717) is 11.5 Å². The van der Waals surface area contributed by atoms with E-state index in [1.54, 1.807) is 30.9 Å². The largest absolute Gasteiger partial charge is 0.493 e. The molecule has 1 unspecified atom stereocenters. The smallest absolute Gasteiger partial charge is 0.244 e. The fraction of sp³-hybridized carbons (Fsp3) is 0.259. The van der Waals surface area contributed by atoms with Gasteiger partial charge in [0.05, 0.1) is 19.9 Å². The Kier molecular flexibility index (Phi) is 7.12. The van der Waals surface area contributed by atoms with Crippen molar-refractivity contribution in [3.8, 4) is 11.5 Å². The topological polar surface area (TPSA) is 67.9 Å². The molecule has 1 atom stereocenters. The van der Waals surface area contributed by atoms with Crippen molar-refractivity contribution < 1.29 is 19.1 Å². The lowest BCUT2D eigenvalue weighted by atomic mass is 10.1. The summed E-state index contributed by atoms with van der Waals surface area (Å²) in [5.41, 5.74) is 4.58. The minimum Gasteiger partial charge on any atom is -0.493 e. The highest BCUT2D eigenvalue weighted by molar-refractivity contribution is 7.99. The number of nitrogens with zero attached hydrogens (tertiary/aromatic N) is 1. The van der Waals surface area contributed by atoms with Crippen molar-refractivity contribution in [1.82, 2.24) is 0 Å². The maximum Gasteiger partial charge on any atom is 0.244 e. The second-order valence-corrected chi connectivity index (χ2v) is 9.48. The Labute approximate surface area is 204 Å². The highest BCUT2D eigenvalue weighted by atomic mass is 32.2. The first-order valence-corrected chi connectivity index (χ1v) is 11.9. The minimum absolute atomic E-state index is 0.0532. The number of carbonyl (C=O) groups is 2. The molecule has 1 heterocycles. The molecule has 6 nitrogen and oxygen atoms in total. The summed E-state index contributed by atoms with van der Waals surface area (Å²) in [6.45, 7) is 3.92. The summed E-state index contributed by atoms with van der Waals surface area (Å²) in [4.78, 5) is 28.9. The first-order valence-electron chi connectivity index (χ1n) is 11.0. The van der Waals surface area contributed by atoms with Crippen LogP contribution in [-0.2, 0) is 9.59 Å². The van der Waals surface area contributed by atoms with Crippen LogP contribution < -0.4 is 19.7 Å². The van der Waals surface area contributed by atoms with Crippen molar-refractivity contribution in [2.45, 2.75) is 30.4 Å². The predicted molar refractivity (Wildman–Crippen MR) is 136 cm³/mol. The molecule has 0 aromatic heterocycles. The van der Waals surface area contributed by atoms with Gasteiger partial charge in [0.25, 0.3) is 0 Å². The third-order valence-corrected chi connectivity index (χ3v) is 7.15. The lowest BCUT2D eigenvalue weighted by Crippen LogP contribution is -2.38. The van der Waals surface area contributed by atoms with Crippen LogP contribution in [0.15, 0.2) is 65.6 Å². The first kappa shape index (κ1) is 23.7. The number of rotatable bonds is 6. The van der Waals surface area contributed by atoms with Gasteiger partial charge in [-0.3, -0.25) is 9.59 Å². The molecule has 7 heteroatoms. The number of ether oxygens (including phenoxy) is 2. The van der Waals surface area contributed by atoms with Crippen LogP contribution >= 0.6 is 11.8 Å². The number of anilines is 2. The molecule has 0 saturated carbocycles. The van der Waals surface area contributed by atoms with Gasteiger partial charge >= 0.3 is 0 Å². The number of methoxy groups -OCH3 is 2. The number of carbonyl (C=O) groups excluding carboxylic acids is 2. The zero-order valence-electron chi connectivity index (χ0n) is 19.8. The van der Waals surface area contributed by atoms with Gasteiger partial charge in [-0.15, -0.1) is 11.8 Å². The van der Waals surface area contributed by atoms with Gasteiger partial charge in [-0.2, -0.15) is 0 Å². The summed E-state index contributed by atoms with van der Waals surface area (Å²) in [7, 11) is 3.19. The summed E-state index contributed by atoms with van der Waals surface area (Å²) in [5.74, 6) is 0.925. The quantitative estimate of drug-likeness (QED) is 0.507. The van der Waals surface area contributed by atoms with E-state index in [9.17, 15) is 9.59 Å². The van der Waals surface area contributed by atoms with E-state index >= 15 is 0 Å². The van der Waals surface area contributed by atoms with Crippen molar-refractivity contribution in [3.63, 3.8) is 0 Å². The molecule has 0 radical (unpaired) electrons. The molecule has 0 fully saturated rings. The predicted octanol–water partition coefficient (Wildman–Crippen LogP) is 5.53. The lowest BCUT2D eigenvalue weighted by Gasteiger charge is -2.22. The number of fused-ring (bicyclic) bond motifs is 1. The number of nitrogens with one attached hydrogen (secondary N) is 1. The maximum absolute atomic E-state index is 13.4. The maximum atomic E-state index is 13.4. The second kappa shape index (κ2) is 10.2. The summed E-state index contributed by atoms with van der Waals surface area (Å²) >= 11 is 1.62. The number of aryl methyl sites for hydroxylation is 2. The SMILES string of the molecule is COc1ccc(C2CC(=O)N(CC(=O)Nc3ccc(C)cc3C)c3ccccc3S2)cc1OC. The first-order chi connectivity index (χ1) is 16.4. The van der Waals surface area contributed by atoms with Crippen LogP contribution in [0.3, 0.4) is 0 Å². The Bertz CT molecular complexity index is 1230. The van der Waals surface area contributed by atoms with Crippen LogP contribution in [0, 0.1) is 13.8 Å². The van der Waals surface area contributed by atoms with Gasteiger partial charge < -0.3 is 19.7 Å². The summed E-state index contributed by atoms with van der Waals surface area (Å²) in [6.07, 6.45) is 0.256. The van der Waals surface area contributed by atoms with E-state index in [1.165, 1.54) is 0 Å². The fourth-order valence-electron chi connectivity index (χ4n) is 4.08. The van der Waals surface area contributed by atoms with Crippen molar-refractivity contribution >= 4 is 35.0 Å². The van der Waals surface area contributed by atoms with Crippen LogP contribution in [-0.4, -0.2) is 32.6 Å². The van der Waals surface area contributed by atoms with E-state index in [-0.39, 0.29) is 30.0 Å². The van der Waals surface area contributed by atoms with Gasteiger partial charge in [0.2, 0.25) is 11.8 Å². The molecule has 0 bridgehead atoms. The zero-order valence-corrected chi connectivity index (χ0v) is 20.6. The fourth-order valence-corrected chi connectivity index (χ4v) is 5.35. The average molecular weight is 477 g/mol. The molecular weight excluding hydrogens is 448 g/mol. The van der Waals surface area contributed by atoms with E-state index in [2.05, 4.69) is 5.32 Å². The van der Waals surface area contributed by atoms with Crippen LogP contribution in [0.1, 0.15) is 28.4 Å². The van der Waals surface area contributed by atoms with Crippen LogP contribution in [0.25, 0.3) is 0 Å². The van der Waals surface area contributed by atoms with Crippen LogP contribution in [0.2, 0.25) is 0 Å². The van der Waals surface area contributed by atoms with Gasteiger partial charge in [-0.25, -0.2) is 0 Å². The molecule has 4 rings (SSSR count). The van der Waals surface area contributed by atoms with Gasteiger partial charge in [0.15, 0.2) is 11.5 Å². The molecule has 0 saturated heterocycles. The molecule has 2 amide bonds. The Morgan fingerprint density at radius 2 is 1.79 bits per heavy atom. The third-order valence-electron chi connectivity index (χ3n) is 5.82. The molecule has 0 aliphatic carbocycles. The van der Waals surface area contributed by atoms with Gasteiger partial charge in [0.1, 0.15) is 6.54 Å². The zero-order chi connectivity index (χ0) is 24.2. The molecule has 3 aromatic carbocycles. The summed E-state index contributed by atoms with van der Waals surface area (Å²) in [5, 5.41) is 2.83. The van der Waals surface area contributed by atoms with Crippen LogP contribution in [0.5, 0.6) is 11.5 Å². The van der Waals surface area contributed by atoms with E-state index < -0.39 is 0 Å². The van der Waals surface area contributed by atoms with E-state index in [1.807, 2.05) is 74.5 Å². The van der Waals surface area contributed by atoms with Crippen molar-refractivity contribution in [3.05, 3.63) is 77.4 Å². The Morgan fingerprint density at radius 3 is 2.53 bits per heavy atom. The standard InChI is InChI=1S/C27H28N2O4S/c1-17-9-11-20(18(2)13-17)28-26(30)16-29-21-7-5-6-8-24(21)34-25(15-27(29)31)19-10-12-22(32-3)23(14-19)33-4/h5-14,25H,15-16H2,1-4H3,(H,28,30). The molecule has 176 valence electrons. The lowest BCUT2D eigenvalue weighted by molar-refractivity contribution is -0.121. The molecule has 34 heavy (non-hydrogen) atoms. The van der Waals surface area contributed by atoms with Crippen molar-refractivity contribution in [2.75, 3.05) is 31.0 Å². The summed E-state index contributed by atoms with van der Waals surface area (Å²) < 4.78 is 10.8. The number of hydrogen-bond acceptors (Lipinski definition) is 5. The Morgan fingerprint density at radius 1 is 1.03 bits per heavy atom. The highest BCUT2D eigenvalue weighted by Crippen LogP contribution is 2.46. The number of amides is 2. The van der Waals surface area contributed by atoms with Crippen molar-refractivity contribution in [1.29, 1.82) is 0 Å². The van der Waals surface area contributed by atoms with Gasteiger partial charge in [-0.05, 0) is 55.3 Å². The highest BCUT2D eigenvalue weighted by Gasteiger charge is 2.31. The summed E-state index contributed by atoms with van der Waals surface area (Å²) in [6, 6.07) is 19.3. The molecule has 1 aliphatic rings. The normalized spacial score (nSPS) is 15.4. The second-order valence-electron chi connectivity index (χ2n) is 8.24. The van der Waals surface area contributed by atoms with Gasteiger partial charge in [-0.1, -0.05) is 35.9 Å². The molecular formula is C27H28N2O4S. The number of para-hydroxylation sites is 1. The number of hydrogen-bond donors (Lipinski definition) is 1. The average Bonchev–Trinajstić information content (AvgIpc) is 2.97. The van der Waals surface area contributed by atoms with E-state index in [4.69, 9.17) is 9.47 Å². The molecule has 1 aliphatic heterocycles. The Balaban J connectivity index is 1.60. The molecule has 3 aromatic rings.